The highest BCUT2D eigenvalue weighted by molar-refractivity contribution is 6.30. The summed E-state index contributed by atoms with van der Waals surface area (Å²) in [6.07, 6.45) is 1.07. The van der Waals surface area contributed by atoms with Crippen LogP contribution in [0.15, 0.2) is 42.5 Å². The zero-order chi connectivity index (χ0) is 12.5. The van der Waals surface area contributed by atoms with Gasteiger partial charge in [0.2, 0.25) is 0 Å². The molecule has 0 aromatic heterocycles. The minimum atomic E-state index is 0.270. The lowest BCUT2D eigenvalue weighted by Crippen LogP contribution is -2.19. The number of para-hydroxylation sites is 1. The zero-order valence-electron chi connectivity index (χ0n) is 9.94. The predicted molar refractivity (Wildman–Crippen MR) is 74.3 cm³/mol. The molecule has 1 aliphatic rings. The summed E-state index contributed by atoms with van der Waals surface area (Å²) in [7, 11) is 0. The van der Waals surface area contributed by atoms with Gasteiger partial charge in [0.25, 0.3) is 0 Å². The summed E-state index contributed by atoms with van der Waals surface area (Å²) < 4.78 is 0. The van der Waals surface area contributed by atoms with E-state index in [1.807, 2.05) is 12.1 Å². The third-order valence-corrected chi connectivity index (χ3v) is 3.63. The minimum Gasteiger partial charge on any atom is -0.508 e. The number of phenolic OH excluding ortho intramolecular Hbond substituents is 1. The number of anilines is 1. The third kappa shape index (κ3) is 2.04. The number of nitrogens with zero attached hydrogens (tertiary/aromatic N) is 1. The number of hydrogen-bond donors (Lipinski definition) is 1. The van der Waals surface area contributed by atoms with Crippen molar-refractivity contribution in [2.75, 3.05) is 11.4 Å². The number of rotatable bonds is 2. The Balaban J connectivity index is 1.86. The van der Waals surface area contributed by atoms with Crippen LogP contribution in [0.3, 0.4) is 0 Å². The standard InChI is InChI=1S/C15H14ClNO/c16-13-6-5-12(15(18)9-13)10-17-8-7-11-3-1-2-4-14(11)17/h1-6,9,18H,7-8,10H2. The molecule has 0 radical (unpaired) electrons. The Kier molecular flexibility index (Phi) is 2.88. The molecule has 0 atom stereocenters. The van der Waals surface area contributed by atoms with Crippen molar-refractivity contribution in [3.05, 3.63) is 58.6 Å². The summed E-state index contributed by atoms with van der Waals surface area (Å²) in [5.74, 6) is 0.270. The van der Waals surface area contributed by atoms with Crippen molar-refractivity contribution in [1.29, 1.82) is 0 Å². The van der Waals surface area contributed by atoms with E-state index in [2.05, 4.69) is 29.2 Å². The van der Waals surface area contributed by atoms with Crippen molar-refractivity contribution in [1.82, 2.24) is 0 Å². The monoisotopic (exact) mass is 259 g/mol. The fourth-order valence-electron chi connectivity index (χ4n) is 2.45. The molecule has 0 aliphatic carbocycles. The second-order valence-corrected chi connectivity index (χ2v) is 5.01. The molecule has 2 nitrogen and oxygen atoms in total. The lowest BCUT2D eigenvalue weighted by molar-refractivity contribution is 0.467. The van der Waals surface area contributed by atoms with Crippen LogP contribution in [-0.4, -0.2) is 11.7 Å². The van der Waals surface area contributed by atoms with Gasteiger partial charge in [-0.3, -0.25) is 0 Å². The Morgan fingerprint density at radius 3 is 2.83 bits per heavy atom. The summed E-state index contributed by atoms with van der Waals surface area (Å²) >= 11 is 5.84. The Morgan fingerprint density at radius 1 is 1.17 bits per heavy atom. The molecule has 2 aromatic rings. The topological polar surface area (TPSA) is 23.5 Å². The van der Waals surface area contributed by atoms with Gasteiger partial charge >= 0.3 is 0 Å². The highest BCUT2D eigenvalue weighted by atomic mass is 35.5. The molecule has 1 heterocycles. The molecule has 0 spiro atoms. The van der Waals surface area contributed by atoms with E-state index in [0.29, 0.717) is 5.02 Å². The van der Waals surface area contributed by atoms with Gasteiger partial charge < -0.3 is 10.0 Å². The highest BCUT2D eigenvalue weighted by Crippen LogP contribution is 2.31. The van der Waals surface area contributed by atoms with Gasteiger partial charge in [0.1, 0.15) is 5.75 Å². The van der Waals surface area contributed by atoms with Gasteiger partial charge in [-0.1, -0.05) is 35.9 Å². The van der Waals surface area contributed by atoms with Gasteiger partial charge in [-0.2, -0.15) is 0 Å². The molecule has 92 valence electrons. The van der Waals surface area contributed by atoms with E-state index in [1.165, 1.54) is 11.3 Å². The molecule has 0 saturated carbocycles. The van der Waals surface area contributed by atoms with Gasteiger partial charge in [0, 0.05) is 29.4 Å². The van der Waals surface area contributed by atoms with Crippen LogP contribution in [0.1, 0.15) is 11.1 Å². The molecular formula is C15H14ClNO. The number of aromatic hydroxyl groups is 1. The predicted octanol–water partition coefficient (Wildman–Crippen LogP) is 3.61. The number of fused-ring (bicyclic) bond motifs is 1. The average molecular weight is 260 g/mol. The average Bonchev–Trinajstić information content (AvgIpc) is 2.76. The third-order valence-electron chi connectivity index (χ3n) is 3.39. The van der Waals surface area contributed by atoms with Crippen LogP contribution >= 0.6 is 11.6 Å². The maximum atomic E-state index is 9.89. The SMILES string of the molecule is Oc1cc(Cl)ccc1CN1CCc2ccccc21. The summed E-state index contributed by atoms with van der Waals surface area (Å²) in [5, 5.41) is 10.5. The van der Waals surface area contributed by atoms with Crippen molar-refractivity contribution >= 4 is 17.3 Å². The van der Waals surface area contributed by atoms with E-state index in [9.17, 15) is 5.11 Å². The van der Waals surface area contributed by atoms with Crippen LogP contribution in [0.25, 0.3) is 0 Å². The quantitative estimate of drug-likeness (QED) is 0.891. The molecule has 0 unspecified atom stereocenters. The summed E-state index contributed by atoms with van der Waals surface area (Å²) in [4.78, 5) is 2.29. The van der Waals surface area contributed by atoms with Crippen LogP contribution in [0.2, 0.25) is 5.02 Å². The Bertz CT molecular complexity index is 582. The maximum Gasteiger partial charge on any atom is 0.122 e. The second-order valence-electron chi connectivity index (χ2n) is 4.57. The molecular weight excluding hydrogens is 246 g/mol. The second kappa shape index (κ2) is 4.54. The first kappa shape index (κ1) is 11.4. The van der Waals surface area contributed by atoms with Crippen molar-refractivity contribution in [2.45, 2.75) is 13.0 Å². The highest BCUT2D eigenvalue weighted by Gasteiger charge is 2.19. The lowest BCUT2D eigenvalue weighted by Gasteiger charge is -2.20. The van der Waals surface area contributed by atoms with Crippen LogP contribution in [-0.2, 0) is 13.0 Å². The van der Waals surface area contributed by atoms with Gasteiger partial charge in [0.05, 0.1) is 0 Å². The van der Waals surface area contributed by atoms with Crippen molar-refractivity contribution in [3.8, 4) is 5.75 Å². The fourth-order valence-corrected chi connectivity index (χ4v) is 2.61. The van der Waals surface area contributed by atoms with Gasteiger partial charge in [-0.25, -0.2) is 0 Å². The number of halogens is 1. The van der Waals surface area contributed by atoms with E-state index in [1.54, 1.807) is 6.07 Å². The molecule has 18 heavy (non-hydrogen) atoms. The summed E-state index contributed by atoms with van der Waals surface area (Å²) in [5.41, 5.74) is 3.56. The normalized spacial score (nSPS) is 13.7. The van der Waals surface area contributed by atoms with Gasteiger partial charge in [0.15, 0.2) is 0 Å². The molecule has 0 bridgehead atoms. The van der Waals surface area contributed by atoms with E-state index in [4.69, 9.17) is 11.6 Å². The molecule has 0 amide bonds. The largest absolute Gasteiger partial charge is 0.508 e. The first-order chi connectivity index (χ1) is 8.74. The smallest absolute Gasteiger partial charge is 0.122 e. The van der Waals surface area contributed by atoms with Crippen LogP contribution in [0, 0.1) is 0 Å². The molecule has 0 saturated heterocycles. The molecule has 3 rings (SSSR count). The zero-order valence-corrected chi connectivity index (χ0v) is 10.7. The molecule has 1 aliphatic heterocycles. The molecule has 2 aromatic carbocycles. The van der Waals surface area contributed by atoms with Crippen molar-refractivity contribution < 1.29 is 5.11 Å². The number of hydrogen-bond acceptors (Lipinski definition) is 2. The van der Waals surface area contributed by atoms with Crippen molar-refractivity contribution in [3.63, 3.8) is 0 Å². The molecule has 3 heteroatoms. The summed E-state index contributed by atoms with van der Waals surface area (Å²) in [6, 6.07) is 13.7. The Morgan fingerprint density at radius 2 is 2.00 bits per heavy atom. The van der Waals surface area contributed by atoms with E-state index >= 15 is 0 Å². The fraction of sp³-hybridized carbons (Fsp3) is 0.200. The van der Waals surface area contributed by atoms with Crippen LogP contribution in [0.5, 0.6) is 5.75 Å². The van der Waals surface area contributed by atoms with Gasteiger partial charge in [-0.05, 0) is 30.2 Å². The molecule has 0 fully saturated rings. The van der Waals surface area contributed by atoms with Gasteiger partial charge in [-0.15, -0.1) is 0 Å². The maximum absolute atomic E-state index is 9.89. The Hall–Kier alpha value is -1.67. The first-order valence-electron chi connectivity index (χ1n) is 6.04. The van der Waals surface area contributed by atoms with Crippen LogP contribution < -0.4 is 4.90 Å². The van der Waals surface area contributed by atoms with E-state index in [-0.39, 0.29) is 5.75 Å². The first-order valence-corrected chi connectivity index (χ1v) is 6.42. The number of benzene rings is 2. The lowest BCUT2D eigenvalue weighted by atomic mass is 10.1. The van der Waals surface area contributed by atoms with E-state index in [0.717, 1.165) is 25.1 Å². The number of phenols is 1. The Labute approximate surface area is 111 Å². The van der Waals surface area contributed by atoms with Crippen LogP contribution in [0.4, 0.5) is 5.69 Å². The van der Waals surface area contributed by atoms with Crippen molar-refractivity contribution in [2.24, 2.45) is 0 Å². The molecule has 1 N–H and O–H groups in total. The minimum absolute atomic E-state index is 0.270. The van der Waals surface area contributed by atoms with E-state index < -0.39 is 0 Å². The summed E-state index contributed by atoms with van der Waals surface area (Å²) in [6.45, 7) is 1.72.